The van der Waals surface area contributed by atoms with Crippen molar-refractivity contribution in [3.63, 3.8) is 0 Å². The van der Waals surface area contributed by atoms with Gasteiger partial charge < -0.3 is 14.7 Å². The van der Waals surface area contributed by atoms with E-state index in [1.54, 1.807) is 4.90 Å². The molecule has 31 heavy (non-hydrogen) atoms. The summed E-state index contributed by atoms with van der Waals surface area (Å²) in [5.74, 6) is -1.90. The number of amides is 1. The molecule has 0 spiro atoms. The smallest absolute Gasteiger partial charge is 0.339 e. The maximum atomic E-state index is 12.5. The highest BCUT2D eigenvalue weighted by molar-refractivity contribution is 7.85. The standard InChI is InChI=1S/C20H21ClN2O7S/c21-15-3-1-14(2-4-15)12-22-7-9-23(10-8-22)19(24)13-30-18-6-5-16(31(27,28)29)11-17(18)20(25)26/h1-6,11H,7-10,12-13H2,(H,25,26)(H,27,28,29). The van der Waals surface area contributed by atoms with Crippen LogP contribution in [0.5, 0.6) is 5.75 Å². The molecule has 3 rings (SSSR count). The molecule has 0 aliphatic carbocycles. The van der Waals surface area contributed by atoms with E-state index in [0.717, 1.165) is 30.3 Å². The number of carbonyl (C=O) groups is 2. The van der Waals surface area contributed by atoms with Gasteiger partial charge in [0.05, 0.1) is 4.90 Å². The minimum absolute atomic E-state index is 0.158. The van der Waals surface area contributed by atoms with E-state index in [9.17, 15) is 23.1 Å². The summed E-state index contributed by atoms with van der Waals surface area (Å²) in [4.78, 5) is 27.1. The maximum Gasteiger partial charge on any atom is 0.339 e. The predicted octanol–water partition coefficient (Wildman–Crippen LogP) is 2.01. The number of rotatable bonds is 7. The minimum Gasteiger partial charge on any atom is -0.483 e. The Balaban J connectivity index is 1.54. The van der Waals surface area contributed by atoms with Gasteiger partial charge in [-0.3, -0.25) is 14.2 Å². The molecule has 166 valence electrons. The third-order valence-corrected chi connectivity index (χ3v) is 5.98. The molecule has 9 nitrogen and oxygen atoms in total. The van der Waals surface area contributed by atoms with Gasteiger partial charge in [-0.05, 0) is 35.9 Å². The van der Waals surface area contributed by atoms with Crippen LogP contribution in [0.4, 0.5) is 0 Å². The molecule has 1 amide bonds. The molecule has 1 heterocycles. The number of halogens is 1. The third kappa shape index (κ3) is 6.17. The molecule has 0 radical (unpaired) electrons. The van der Waals surface area contributed by atoms with Crippen LogP contribution >= 0.6 is 11.6 Å². The highest BCUT2D eigenvalue weighted by atomic mass is 35.5. The molecule has 0 bridgehead atoms. The van der Waals surface area contributed by atoms with Crippen LogP contribution in [0, 0.1) is 0 Å². The number of carboxylic acids is 1. The quantitative estimate of drug-likeness (QED) is 0.591. The summed E-state index contributed by atoms with van der Waals surface area (Å²) in [6, 6.07) is 10.5. The van der Waals surface area contributed by atoms with Crippen molar-refractivity contribution in [3.05, 3.63) is 58.6 Å². The number of aromatic carboxylic acids is 1. The van der Waals surface area contributed by atoms with Crippen LogP contribution in [0.1, 0.15) is 15.9 Å². The molecule has 1 aliphatic heterocycles. The van der Waals surface area contributed by atoms with Crippen LogP contribution in [0.2, 0.25) is 5.02 Å². The lowest BCUT2D eigenvalue weighted by Gasteiger charge is -2.34. The number of benzene rings is 2. The van der Waals surface area contributed by atoms with Gasteiger partial charge in [-0.25, -0.2) is 4.79 Å². The molecule has 2 N–H and O–H groups in total. The van der Waals surface area contributed by atoms with Crippen molar-refractivity contribution in [2.45, 2.75) is 11.4 Å². The van der Waals surface area contributed by atoms with E-state index in [4.69, 9.17) is 20.9 Å². The Morgan fingerprint density at radius 3 is 2.26 bits per heavy atom. The molecule has 0 saturated carbocycles. The third-order valence-electron chi connectivity index (χ3n) is 4.87. The van der Waals surface area contributed by atoms with Gasteiger partial charge >= 0.3 is 5.97 Å². The molecule has 0 atom stereocenters. The van der Waals surface area contributed by atoms with Crippen molar-refractivity contribution < 1.29 is 32.4 Å². The van der Waals surface area contributed by atoms with Crippen LogP contribution in [0.3, 0.4) is 0 Å². The molecule has 1 fully saturated rings. The first-order valence-corrected chi connectivity index (χ1v) is 11.2. The van der Waals surface area contributed by atoms with Crippen LogP contribution in [0.15, 0.2) is 47.4 Å². The first-order valence-electron chi connectivity index (χ1n) is 9.35. The average molecular weight is 469 g/mol. The van der Waals surface area contributed by atoms with Gasteiger partial charge in [-0.1, -0.05) is 23.7 Å². The van der Waals surface area contributed by atoms with Crippen LogP contribution < -0.4 is 4.74 Å². The second kappa shape index (κ2) is 9.65. The van der Waals surface area contributed by atoms with Gasteiger partial charge in [-0.15, -0.1) is 0 Å². The first kappa shape index (κ1) is 23.0. The zero-order valence-electron chi connectivity index (χ0n) is 16.4. The van der Waals surface area contributed by atoms with Gasteiger partial charge in [0, 0.05) is 37.7 Å². The fourth-order valence-electron chi connectivity index (χ4n) is 3.20. The van der Waals surface area contributed by atoms with E-state index in [1.165, 1.54) is 0 Å². The Hall–Kier alpha value is -2.66. The number of ether oxygens (including phenoxy) is 1. The molecule has 11 heteroatoms. The van der Waals surface area contributed by atoms with Crippen molar-refractivity contribution in [2.24, 2.45) is 0 Å². The summed E-state index contributed by atoms with van der Waals surface area (Å²) in [6.07, 6.45) is 0. The Kier molecular flexibility index (Phi) is 7.16. The molecule has 2 aromatic carbocycles. The summed E-state index contributed by atoms with van der Waals surface area (Å²) < 4.78 is 36.8. The van der Waals surface area contributed by atoms with Crippen LogP contribution in [-0.4, -0.2) is 72.5 Å². The van der Waals surface area contributed by atoms with Gasteiger partial charge in [0.25, 0.3) is 16.0 Å². The molecular formula is C20H21ClN2O7S. The van der Waals surface area contributed by atoms with Crippen molar-refractivity contribution >= 4 is 33.6 Å². The second-order valence-electron chi connectivity index (χ2n) is 7.01. The van der Waals surface area contributed by atoms with Crippen LogP contribution in [-0.2, 0) is 21.5 Å². The summed E-state index contributed by atoms with van der Waals surface area (Å²) in [7, 11) is -4.56. The van der Waals surface area contributed by atoms with E-state index in [2.05, 4.69) is 4.90 Å². The van der Waals surface area contributed by atoms with Crippen LogP contribution in [0.25, 0.3) is 0 Å². The normalized spacial score (nSPS) is 15.0. The number of hydrogen-bond acceptors (Lipinski definition) is 6. The average Bonchev–Trinajstić information content (AvgIpc) is 2.73. The predicted molar refractivity (Wildman–Crippen MR) is 112 cm³/mol. The minimum atomic E-state index is -4.56. The monoisotopic (exact) mass is 468 g/mol. The van der Waals surface area contributed by atoms with Gasteiger partial charge in [-0.2, -0.15) is 8.42 Å². The Morgan fingerprint density at radius 2 is 1.68 bits per heavy atom. The number of carboxylic acid groups (broad SMARTS) is 1. The van der Waals surface area contributed by atoms with Gasteiger partial charge in [0.2, 0.25) is 0 Å². The Labute approximate surface area is 184 Å². The zero-order chi connectivity index (χ0) is 22.6. The lowest BCUT2D eigenvalue weighted by molar-refractivity contribution is -0.135. The van der Waals surface area contributed by atoms with E-state index in [1.807, 2.05) is 24.3 Å². The van der Waals surface area contributed by atoms with Gasteiger partial charge in [0.1, 0.15) is 11.3 Å². The van der Waals surface area contributed by atoms with Gasteiger partial charge in [0.15, 0.2) is 6.61 Å². The molecule has 1 saturated heterocycles. The lowest BCUT2D eigenvalue weighted by Crippen LogP contribution is -2.49. The van der Waals surface area contributed by atoms with Crippen molar-refractivity contribution in [1.82, 2.24) is 9.80 Å². The summed E-state index contributed by atoms with van der Waals surface area (Å²) >= 11 is 5.90. The van der Waals surface area contributed by atoms with E-state index in [-0.39, 0.29) is 18.3 Å². The summed E-state index contributed by atoms with van der Waals surface area (Å²) in [5, 5.41) is 9.95. The van der Waals surface area contributed by atoms with Crippen molar-refractivity contribution in [2.75, 3.05) is 32.8 Å². The highest BCUT2D eigenvalue weighted by Crippen LogP contribution is 2.23. The number of hydrogen-bond donors (Lipinski definition) is 2. The Morgan fingerprint density at radius 1 is 1.03 bits per heavy atom. The first-order chi connectivity index (χ1) is 14.6. The maximum absolute atomic E-state index is 12.5. The zero-order valence-corrected chi connectivity index (χ0v) is 18.0. The van der Waals surface area contributed by atoms with E-state index < -0.39 is 26.5 Å². The molecule has 0 aromatic heterocycles. The molecule has 1 aliphatic rings. The summed E-state index contributed by atoms with van der Waals surface area (Å²) in [6.45, 7) is 2.72. The topological polar surface area (TPSA) is 124 Å². The fraction of sp³-hybridized carbons (Fsp3) is 0.300. The number of piperazine rings is 1. The molecule has 2 aromatic rings. The van der Waals surface area contributed by atoms with Crippen molar-refractivity contribution in [1.29, 1.82) is 0 Å². The number of carbonyl (C=O) groups excluding carboxylic acids is 1. The molecular weight excluding hydrogens is 448 g/mol. The molecule has 0 unspecified atom stereocenters. The number of nitrogens with zero attached hydrogens (tertiary/aromatic N) is 2. The largest absolute Gasteiger partial charge is 0.483 e. The SMILES string of the molecule is O=C(O)c1cc(S(=O)(=O)O)ccc1OCC(=O)N1CCN(Cc2ccc(Cl)cc2)CC1. The fourth-order valence-corrected chi connectivity index (χ4v) is 3.83. The second-order valence-corrected chi connectivity index (χ2v) is 8.87. The Bertz CT molecular complexity index is 1070. The van der Waals surface area contributed by atoms with E-state index in [0.29, 0.717) is 31.2 Å². The lowest BCUT2D eigenvalue weighted by atomic mass is 10.2. The summed E-state index contributed by atoms with van der Waals surface area (Å²) in [5.41, 5.74) is 0.665. The van der Waals surface area contributed by atoms with Crippen molar-refractivity contribution in [3.8, 4) is 5.75 Å². The highest BCUT2D eigenvalue weighted by Gasteiger charge is 2.23. The van der Waals surface area contributed by atoms with E-state index >= 15 is 0 Å².